The summed E-state index contributed by atoms with van der Waals surface area (Å²) in [7, 11) is 0. The highest BCUT2D eigenvalue weighted by atomic mass is 15.0. The number of benzene rings is 1. The third-order valence-electron chi connectivity index (χ3n) is 4.06. The van der Waals surface area contributed by atoms with E-state index in [1.807, 2.05) is 36.7 Å². The molecule has 0 spiro atoms. The molecule has 5 nitrogen and oxygen atoms in total. The molecule has 0 aliphatic carbocycles. The van der Waals surface area contributed by atoms with E-state index in [0.717, 1.165) is 51.6 Å². The predicted molar refractivity (Wildman–Crippen MR) is 96.5 cm³/mol. The van der Waals surface area contributed by atoms with Gasteiger partial charge in [0.1, 0.15) is 5.52 Å². The topological polar surface area (TPSA) is 77.6 Å². The third-order valence-corrected chi connectivity index (χ3v) is 4.06. The fourth-order valence-corrected chi connectivity index (χ4v) is 2.98. The van der Waals surface area contributed by atoms with Crippen LogP contribution in [-0.2, 0) is 6.42 Å². The fourth-order valence-electron chi connectivity index (χ4n) is 2.98. The van der Waals surface area contributed by atoms with Crippen molar-refractivity contribution in [2.75, 3.05) is 5.73 Å². The molecule has 5 heteroatoms. The van der Waals surface area contributed by atoms with Gasteiger partial charge >= 0.3 is 0 Å². The minimum absolute atomic E-state index is 0.298. The molecule has 0 aliphatic heterocycles. The second-order valence-electron chi connectivity index (χ2n) is 5.75. The maximum atomic E-state index is 5.82. The first-order chi connectivity index (χ1) is 11.8. The molecule has 24 heavy (non-hydrogen) atoms. The number of aryl methyl sites for hydroxylation is 1. The molecule has 0 aliphatic rings. The first kappa shape index (κ1) is 14.5. The van der Waals surface area contributed by atoms with Crippen LogP contribution in [0, 0.1) is 0 Å². The first-order valence-electron chi connectivity index (χ1n) is 8.02. The van der Waals surface area contributed by atoms with Crippen LogP contribution in [0.5, 0.6) is 0 Å². The van der Waals surface area contributed by atoms with Crippen LogP contribution in [0.15, 0.2) is 48.8 Å². The summed E-state index contributed by atoms with van der Waals surface area (Å²) in [6.07, 6.45) is 5.53. The van der Waals surface area contributed by atoms with E-state index >= 15 is 0 Å². The number of rotatable bonds is 3. The Hall–Kier alpha value is -3.08. The number of nitrogens with zero attached hydrogens (tertiary/aromatic N) is 4. The van der Waals surface area contributed by atoms with Crippen molar-refractivity contribution in [2.45, 2.75) is 19.8 Å². The molecular weight excluding hydrogens is 298 g/mol. The van der Waals surface area contributed by atoms with E-state index in [2.05, 4.69) is 34.0 Å². The largest absolute Gasteiger partial charge is 0.368 e. The van der Waals surface area contributed by atoms with Crippen molar-refractivity contribution in [1.29, 1.82) is 0 Å². The molecule has 3 aromatic heterocycles. The molecule has 0 unspecified atom stereocenters. The SMILES string of the molecule is CCCc1nc(N)nc2ccc(-c3cncc4ccccc34)nc12. The summed E-state index contributed by atoms with van der Waals surface area (Å²) in [5.41, 5.74) is 10.2. The zero-order chi connectivity index (χ0) is 16.5. The molecule has 118 valence electrons. The van der Waals surface area contributed by atoms with Crippen molar-refractivity contribution in [1.82, 2.24) is 19.9 Å². The summed E-state index contributed by atoms with van der Waals surface area (Å²) in [5.74, 6) is 0.298. The Balaban J connectivity index is 1.97. The van der Waals surface area contributed by atoms with Gasteiger partial charge in [0.2, 0.25) is 5.95 Å². The molecule has 2 N–H and O–H groups in total. The van der Waals surface area contributed by atoms with Gasteiger partial charge in [-0.05, 0) is 23.9 Å². The normalized spacial score (nSPS) is 11.2. The van der Waals surface area contributed by atoms with Crippen molar-refractivity contribution in [3.8, 4) is 11.3 Å². The van der Waals surface area contributed by atoms with E-state index in [0.29, 0.717) is 5.95 Å². The van der Waals surface area contributed by atoms with Crippen LogP contribution < -0.4 is 5.73 Å². The molecule has 0 saturated carbocycles. The molecule has 0 radical (unpaired) electrons. The second-order valence-corrected chi connectivity index (χ2v) is 5.75. The van der Waals surface area contributed by atoms with E-state index in [4.69, 9.17) is 10.7 Å². The van der Waals surface area contributed by atoms with Crippen LogP contribution in [0.3, 0.4) is 0 Å². The lowest BCUT2D eigenvalue weighted by Crippen LogP contribution is -2.02. The Morgan fingerprint density at radius 1 is 0.958 bits per heavy atom. The highest BCUT2D eigenvalue weighted by Crippen LogP contribution is 2.28. The minimum atomic E-state index is 0.298. The number of anilines is 1. The van der Waals surface area contributed by atoms with Gasteiger partial charge in [-0.25, -0.2) is 15.0 Å². The average molecular weight is 315 g/mol. The van der Waals surface area contributed by atoms with Gasteiger partial charge in [-0.15, -0.1) is 0 Å². The minimum Gasteiger partial charge on any atom is -0.368 e. The van der Waals surface area contributed by atoms with Crippen LogP contribution >= 0.6 is 0 Å². The van der Waals surface area contributed by atoms with E-state index in [1.165, 1.54) is 0 Å². The maximum Gasteiger partial charge on any atom is 0.220 e. The maximum absolute atomic E-state index is 5.82. The number of aromatic nitrogens is 4. The van der Waals surface area contributed by atoms with Crippen molar-refractivity contribution < 1.29 is 0 Å². The Morgan fingerprint density at radius 3 is 2.71 bits per heavy atom. The summed E-state index contributed by atoms with van der Waals surface area (Å²) < 4.78 is 0. The van der Waals surface area contributed by atoms with Gasteiger partial charge in [0, 0.05) is 23.3 Å². The number of fused-ring (bicyclic) bond motifs is 2. The van der Waals surface area contributed by atoms with E-state index in [-0.39, 0.29) is 0 Å². The summed E-state index contributed by atoms with van der Waals surface area (Å²) in [6, 6.07) is 12.1. The Kier molecular flexibility index (Phi) is 3.54. The zero-order valence-corrected chi connectivity index (χ0v) is 13.4. The van der Waals surface area contributed by atoms with Crippen LogP contribution in [0.2, 0.25) is 0 Å². The molecule has 3 heterocycles. The van der Waals surface area contributed by atoms with Gasteiger partial charge in [-0.2, -0.15) is 0 Å². The monoisotopic (exact) mass is 315 g/mol. The molecule has 1 aromatic carbocycles. The summed E-state index contributed by atoms with van der Waals surface area (Å²) in [4.78, 5) is 17.9. The number of hydrogen-bond donors (Lipinski definition) is 1. The van der Waals surface area contributed by atoms with Crippen molar-refractivity contribution in [2.24, 2.45) is 0 Å². The Bertz CT molecular complexity index is 1040. The molecule has 0 atom stereocenters. The lowest BCUT2D eigenvalue weighted by atomic mass is 10.0. The molecule has 0 bridgehead atoms. The standard InChI is InChI=1S/C19H17N5/c1-2-5-16-18-17(24-19(20)23-16)9-8-15(22-18)14-11-21-10-12-6-3-4-7-13(12)14/h3-4,6-11H,2,5H2,1H3,(H2,20,23,24). The van der Waals surface area contributed by atoms with Gasteiger partial charge in [0.25, 0.3) is 0 Å². The van der Waals surface area contributed by atoms with Gasteiger partial charge in [-0.3, -0.25) is 4.98 Å². The van der Waals surface area contributed by atoms with Crippen molar-refractivity contribution in [3.63, 3.8) is 0 Å². The zero-order valence-electron chi connectivity index (χ0n) is 13.4. The van der Waals surface area contributed by atoms with Gasteiger partial charge in [0.05, 0.1) is 16.9 Å². The van der Waals surface area contributed by atoms with E-state index in [1.54, 1.807) is 0 Å². The molecular formula is C19H17N5. The second kappa shape index (κ2) is 5.85. The van der Waals surface area contributed by atoms with Crippen LogP contribution in [0.4, 0.5) is 5.95 Å². The fraction of sp³-hybridized carbons (Fsp3) is 0.158. The van der Waals surface area contributed by atoms with Crippen molar-refractivity contribution >= 4 is 27.8 Å². The van der Waals surface area contributed by atoms with Gasteiger partial charge in [-0.1, -0.05) is 37.6 Å². The summed E-state index contributed by atoms with van der Waals surface area (Å²) in [5, 5.41) is 2.23. The Morgan fingerprint density at radius 2 is 1.83 bits per heavy atom. The van der Waals surface area contributed by atoms with Crippen LogP contribution in [0.25, 0.3) is 33.1 Å². The molecule has 4 aromatic rings. The molecule has 0 saturated heterocycles. The lowest BCUT2D eigenvalue weighted by molar-refractivity contribution is 0.885. The van der Waals surface area contributed by atoms with Gasteiger partial charge < -0.3 is 5.73 Å². The number of nitrogen functional groups attached to an aromatic ring is 1. The summed E-state index contributed by atoms with van der Waals surface area (Å²) in [6.45, 7) is 2.11. The van der Waals surface area contributed by atoms with E-state index < -0.39 is 0 Å². The number of nitrogens with two attached hydrogens (primary N) is 1. The lowest BCUT2D eigenvalue weighted by Gasteiger charge is -2.09. The van der Waals surface area contributed by atoms with Crippen LogP contribution in [0.1, 0.15) is 19.0 Å². The number of hydrogen-bond acceptors (Lipinski definition) is 5. The van der Waals surface area contributed by atoms with Crippen molar-refractivity contribution in [3.05, 3.63) is 54.5 Å². The number of pyridine rings is 2. The molecule has 0 fully saturated rings. The van der Waals surface area contributed by atoms with Crippen LogP contribution in [-0.4, -0.2) is 19.9 Å². The predicted octanol–water partition coefficient (Wildman–Crippen LogP) is 3.77. The first-order valence-corrected chi connectivity index (χ1v) is 8.02. The average Bonchev–Trinajstić information content (AvgIpc) is 2.61. The quantitative estimate of drug-likeness (QED) is 0.622. The smallest absolute Gasteiger partial charge is 0.220 e. The highest BCUT2D eigenvalue weighted by molar-refractivity contribution is 5.95. The van der Waals surface area contributed by atoms with E-state index in [9.17, 15) is 0 Å². The molecule has 0 amide bonds. The molecule has 4 rings (SSSR count). The summed E-state index contributed by atoms with van der Waals surface area (Å²) >= 11 is 0. The third kappa shape index (κ3) is 2.44. The Labute approximate surface area is 139 Å². The van der Waals surface area contributed by atoms with Gasteiger partial charge in [0.15, 0.2) is 0 Å². The highest BCUT2D eigenvalue weighted by Gasteiger charge is 2.11.